The van der Waals surface area contributed by atoms with Gasteiger partial charge in [0.15, 0.2) is 0 Å². The summed E-state index contributed by atoms with van der Waals surface area (Å²) in [7, 11) is -3.46. The summed E-state index contributed by atoms with van der Waals surface area (Å²) in [6.07, 6.45) is 3.51. The fourth-order valence-electron chi connectivity index (χ4n) is 3.14. The summed E-state index contributed by atoms with van der Waals surface area (Å²) in [6, 6.07) is 8.90. The van der Waals surface area contributed by atoms with Gasteiger partial charge in [0, 0.05) is 24.7 Å². The first kappa shape index (κ1) is 19.1. The molecule has 1 aromatic heterocycles. The smallest absolute Gasteiger partial charge is 0.243 e. The molecule has 1 aromatic carbocycles. The molecule has 0 spiro atoms. The number of hydrogen-bond donors (Lipinski definition) is 1. The third-order valence-corrected chi connectivity index (χ3v) is 6.44. The normalized spacial score (nSPS) is 16.9. The molecule has 0 aliphatic carbocycles. The summed E-state index contributed by atoms with van der Waals surface area (Å²) in [6.45, 7) is 5.21. The number of piperidine rings is 1. The molecule has 0 radical (unpaired) electrons. The Balaban J connectivity index is 0.00000208. The van der Waals surface area contributed by atoms with Crippen LogP contribution in [0.15, 0.2) is 41.4 Å². The zero-order valence-electron chi connectivity index (χ0n) is 13.8. The summed E-state index contributed by atoms with van der Waals surface area (Å²) < 4.78 is 27.6. The number of aromatic nitrogens is 1. The molecule has 0 amide bonds. The van der Waals surface area contributed by atoms with Crippen molar-refractivity contribution >= 4 is 33.3 Å². The van der Waals surface area contributed by atoms with Crippen molar-refractivity contribution in [1.29, 1.82) is 0 Å². The lowest BCUT2D eigenvalue weighted by Crippen LogP contribution is -2.40. The summed E-state index contributed by atoms with van der Waals surface area (Å²) in [4.78, 5) is 4.62. The van der Waals surface area contributed by atoms with Gasteiger partial charge in [-0.05, 0) is 56.1 Å². The number of nitrogens with one attached hydrogen (secondary N) is 1. The van der Waals surface area contributed by atoms with Crippen molar-refractivity contribution in [3.63, 3.8) is 0 Å². The molecule has 0 atom stereocenters. The van der Waals surface area contributed by atoms with Gasteiger partial charge in [0.2, 0.25) is 10.0 Å². The van der Waals surface area contributed by atoms with Crippen LogP contribution in [0.1, 0.15) is 19.8 Å². The predicted molar refractivity (Wildman–Crippen MR) is 99.0 cm³/mol. The standard InChI is InChI=1S/C17H23N3O2S.ClH/c1-2-18-13-14-8-11-20(12-9-14)23(21,22)17-7-3-6-16-15(17)5-4-10-19-16;/h3-7,10,14,18H,2,8-9,11-13H2,1H3;1H. The Morgan fingerprint density at radius 2 is 1.96 bits per heavy atom. The average molecular weight is 370 g/mol. The summed E-state index contributed by atoms with van der Waals surface area (Å²) >= 11 is 0. The van der Waals surface area contributed by atoms with Gasteiger partial charge in [0.1, 0.15) is 0 Å². The maximum absolute atomic E-state index is 13.0. The zero-order valence-corrected chi connectivity index (χ0v) is 15.4. The van der Waals surface area contributed by atoms with Crippen LogP contribution in [0.5, 0.6) is 0 Å². The third kappa shape index (κ3) is 3.88. The lowest BCUT2D eigenvalue weighted by Gasteiger charge is -2.31. The molecule has 0 bridgehead atoms. The predicted octanol–water partition coefficient (Wildman–Crippen LogP) is 2.67. The van der Waals surface area contributed by atoms with E-state index in [2.05, 4.69) is 17.2 Å². The van der Waals surface area contributed by atoms with Gasteiger partial charge in [-0.3, -0.25) is 4.98 Å². The van der Waals surface area contributed by atoms with Crippen molar-refractivity contribution in [2.75, 3.05) is 26.2 Å². The lowest BCUT2D eigenvalue weighted by molar-refractivity contribution is 0.268. The fourth-order valence-corrected chi connectivity index (χ4v) is 4.81. The van der Waals surface area contributed by atoms with Gasteiger partial charge in [-0.2, -0.15) is 4.31 Å². The van der Waals surface area contributed by atoms with Crippen molar-refractivity contribution in [3.8, 4) is 0 Å². The van der Waals surface area contributed by atoms with Gasteiger partial charge in [-0.25, -0.2) is 8.42 Å². The van der Waals surface area contributed by atoms with Crippen molar-refractivity contribution < 1.29 is 8.42 Å². The van der Waals surface area contributed by atoms with E-state index in [9.17, 15) is 8.42 Å². The Kier molecular flexibility index (Phi) is 6.57. The molecule has 0 unspecified atom stereocenters. The van der Waals surface area contributed by atoms with Crippen LogP contribution >= 0.6 is 12.4 Å². The Hall–Kier alpha value is -1.21. The number of pyridine rings is 1. The first-order valence-corrected chi connectivity index (χ1v) is 9.61. The molecule has 1 fully saturated rings. The Morgan fingerprint density at radius 1 is 1.21 bits per heavy atom. The third-order valence-electron chi connectivity index (χ3n) is 4.48. The van der Waals surface area contributed by atoms with E-state index in [-0.39, 0.29) is 12.4 Å². The fraction of sp³-hybridized carbons (Fsp3) is 0.471. The highest BCUT2D eigenvalue weighted by molar-refractivity contribution is 7.89. The molecule has 5 nitrogen and oxygen atoms in total. The van der Waals surface area contributed by atoms with Gasteiger partial charge in [-0.1, -0.05) is 13.0 Å². The Morgan fingerprint density at radius 3 is 2.67 bits per heavy atom. The molecular weight excluding hydrogens is 346 g/mol. The van der Waals surface area contributed by atoms with Gasteiger partial charge >= 0.3 is 0 Å². The van der Waals surface area contributed by atoms with Crippen molar-refractivity contribution in [3.05, 3.63) is 36.5 Å². The highest BCUT2D eigenvalue weighted by Gasteiger charge is 2.30. The summed E-state index contributed by atoms with van der Waals surface area (Å²) in [5, 5.41) is 4.05. The Bertz CT molecular complexity index is 769. The van der Waals surface area contributed by atoms with E-state index in [0.717, 1.165) is 31.4 Å². The second-order valence-electron chi connectivity index (χ2n) is 5.98. The van der Waals surface area contributed by atoms with Gasteiger partial charge in [0.05, 0.1) is 10.4 Å². The van der Waals surface area contributed by atoms with Crippen LogP contribution < -0.4 is 5.32 Å². The van der Waals surface area contributed by atoms with E-state index in [4.69, 9.17) is 0 Å². The first-order valence-electron chi connectivity index (χ1n) is 8.17. The van der Waals surface area contributed by atoms with Crippen molar-refractivity contribution in [2.45, 2.75) is 24.7 Å². The minimum atomic E-state index is -3.46. The first-order chi connectivity index (χ1) is 11.1. The van der Waals surface area contributed by atoms with Crippen LogP contribution in [0.4, 0.5) is 0 Å². The second-order valence-corrected chi connectivity index (χ2v) is 7.89. The maximum atomic E-state index is 13.0. The number of benzene rings is 1. The molecule has 1 aliphatic rings. The van der Waals surface area contributed by atoms with Crippen LogP contribution in [-0.2, 0) is 10.0 Å². The van der Waals surface area contributed by atoms with Crippen LogP contribution in [0.3, 0.4) is 0 Å². The molecule has 24 heavy (non-hydrogen) atoms. The van der Waals surface area contributed by atoms with E-state index in [1.807, 2.05) is 12.1 Å². The SMILES string of the molecule is CCNCC1CCN(S(=O)(=O)c2cccc3ncccc23)CC1.Cl. The molecule has 1 N–H and O–H groups in total. The summed E-state index contributed by atoms with van der Waals surface area (Å²) in [5.41, 5.74) is 0.718. The zero-order chi connectivity index (χ0) is 16.3. The molecule has 1 aliphatic heterocycles. The molecule has 1 saturated heterocycles. The van der Waals surface area contributed by atoms with Crippen molar-refractivity contribution in [1.82, 2.24) is 14.6 Å². The van der Waals surface area contributed by atoms with Crippen LogP contribution in [0.25, 0.3) is 10.9 Å². The number of sulfonamides is 1. The monoisotopic (exact) mass is 369 g/mol. The van der Waals surface area contributed by atoms with Gasteiger partial charge in [0.25, 0.3) is 0 Å². The van der Waals surface area contributed by atoms with E-state index >= 15 is 0 Å². The molecule has 3 rings (SSSR count). The summed E-state index contributed by atoms with van der Waals surface area (Å²) in [5.74, 6) is 0.565. The molecule has 132 valence electrons. The number of rotatable bonds is 5. The largest absolute Gasteiger partial charge is 0.317 e. The minimum Gasteiger partial charge on any atom is -0.317 e. The maximum Gasteiger partial charge on any atom is 0.243 e. The number of nitrogens with zero attached hydrogens (tertiary/aromatic N) is 2. The number of halogens is 1. The molecule has 7 heteroatoms. The quantitative estimate of drug-likeness (QED) is 0.880. The van der Waals surface area contributed by atoms with Crippen LogP contribution in [0, 0.1) is 5.92 Å². The van der Waals surface area contributed by atoms with E-state index < -0.39 is 10.0 Å². The average Bonchev–Trinajstić information content (AvgIpc) is 2.59. The highest BCUT2D eigenvalue weighted by atomic mass is 35.5. The van der Waals surface area contributed by atoms with Crippen LogP contribution in [0.2, 0.25) is 0 Å². The van der Waals surface area contributed by atoms with Gasteiger partial charge < -0.3 is 5.32 Å². The topological polar surface area (TPSA) is 62.3 Å². The molecule has 2 aromatic rings. The van der Waals surface area contributed by atoms with E-state index in [1.54, 1.807) is 28.7 Å². The minimum absolute atomic E-state index is 0. The van der Waals surface area contributed by atoms with Crippen LogP contribution in [-0.4, -0.2) is 43.9 Å². The molecule has 2 heterocycles. The number of fused-ring (bicyclic) bond motifs is 1. The molecule has 0 saturated carbocycles. The van der Waals surface area contributed by atoms with E-state index in [1.165, 1.54) is 0 Å². The van der Waals surface area contributed by atoms with Gasteiger partial charge in [-0.15, -0.1) is 12.4 Å². The van der Waals surface area contributed by atoms with E-state index in [0.29, 0.717) is 29.3 Å². The highest BCUT2D eigenvalue weighted by Crippen LogP contribution is 2.27. The van der Waals surface area contributed by atoms with Crippen molar-refractivity contribution in [2.24, 2.45) is 5.92 Å². The number of hydrogen-bond acceptors (Lipinski definition) is 4. The molecular formula is C17H24ClN3O2S. The Labute approximate surface area is 149 Å². The lowest BCUT2D eigenvalue weighted by atomic mass is 9.98. The second kappa shape index (κ2) is 8.25.